The zero-order valence-corrected chi connectivity index (χ0v) is 12.6. The lowest BCUT2D eigenvalue weighted by molar-refractivity contribution is 0.414. The molecule has 3 heteroatoms. The zero-order valence-electron chi connectivity index (χ0n) is 12.6. The Kier molecular flexibility index (Phi) is 5.76. The van der Waals surface area contributed by atoms with E-state index in [1.54, 1.807) is 13.2 Å². The van der Waals surface area contributed by atoms with Gasteiger partial charge in [-0.25, -0.2) is 4.39 Å². The molecule has 0 spiro atoms. The molecule has 2 aromatic carbocycles. The van der Waals surface area contributed by atoms with E-state index in [1.807, 2.05) is 24.3 Å². The number of hydrogen-bond acceptors (Lipinski definition) is 2. The topological polar surface area (TPSA) is 21.3 Å². The molecule has 1 unspecified atom stereocenters. The number of nitrogens with one attached hydrogen (secondary N) is 1. The molecular weight excluding hydrogens is 265 g/mol. The maximum absolute atomic E-state index is 13.6. The van der Waals surface area contributed by atoms with Gasteiger partial charge in [0.2, 0.25) is 0 Å². The van der Waals surface area contributed by atoms with E-state index in [4.69, 9.17) is 4.74 Å². The van der Waals surface area contributed by atoms with Crippen molar-refractivity contribution in [3.05, 3.63) is 65.5 Å². The average molecular weight is 287 g/mol. The summed E-state index contributed by atoms with van der Waals surface area (Å²) in [5, 5.41) is 3.49. The molecule has 0 bridgehead atoms. The van der Waals surface area contributed by atoms with Gasteiger partial charge in [0, 0.05) is 6.04 Å². The SMILES string of the molecule is CCC(NCCc1ccccc1F)c1ccc(OC)cc1. The smallest absolute Gasteiger partial charge is 0.126 e. The molecule has 1 N–H and O–H groups in total. The summed E-state index contributed by atoms with van der Waals surface area (Å²) < 4.78 is 18.7. The highest BCUT2D eigenvalue weighted by Crippen LogP contribution is 2.20. The summed E-state index contributed by atoms with van der Waals surface area (Å²) in [5.74, 6) is 0.733. The van der Waals surface area contributed by atoms with Gasteiger partial charge in [-0.05, 0) is 48.7 Å². The molecule has 0 aliphatic carbocycles. The van der Waals surface area contributed by atoms with Crippen molar-refractivity contribution < 1.29 is 9.13 Å². The highest BCUT2D eigenvalue weighted by Gasteiger charge is 2.09. The minimum absolute atomic E-state index is 0.128. The molecule has 2 aromatic rings. The second-order valence-electron chi connectivity index (χ2n) is 5.03. The van der Waals surface area contributed by atoms with Crippen molar-refractivity contribution in [2.24, 2.45) is 0 Å². The van der Waals surface area contributed by atoms with E-state index < -0.39 is 0 Å². The maximum Gasteiger partial charge on any atom is 0.126 e. The van der Waals surface area contributed by atoms with Gasteiger partial charge in [0.25, 0.3) is 0 Å². The van der Waals surface area contributed by atoms with Crippen LogP contribution in [0.15, 0.2) is 48.5 Å². The Morgan fingerprint density at radius 3 is 2.43 bits per heavy atom. The van der Waals surface area contributed by atoms with Crippen LogP contribution in [0.2, 0.25) is 0 Å². The van der Waals surface area contributed by atoms with Crippen molar-refractivity contribution in [1.29, 1.82) is 0 Å². The van der Waals surface area contributed by atoms with Crippen LogP contribution in [0, 0.1) is 5.82 Å². The molecule has 0 aromatic heterocycles. The number of methoxy groups -OCH3 is 1. The van der Waals surface area contributed by atoms with Gasteiger partial charge in [0.15, 0.2) is 0 Å². The summed E-state index contributed by atoms with van der Waals surface area (Å²) in [5.41, 5.74) is 1.99. The van der Waals surface area contributed by atoms with Gasteiger partial charge in [-0.1, -0.05) is 37.3 Å². The van der Waals surface area contributed by atoms with Gasteiger partial charge in [0.05, 0.1) is 7.11 Å². The zero-order chi connectivity index (χ0) is 15.1. The second kappa shape index (κ2) is 7.79. The van der Waals surface area contributed by atoms with E-state index in [1.165, 1.54) is 11.6 Å². The Morgan fingerprint density at radius 1 is 1.10 bits per heavy atom. The number of hydrogen-bond donors (Lipinski definition) is 1. The van der Waals surface area contributed by atoms with E-state index in [2.05, 4.69) is 24.4 Å². The predicted molar refractivity (Wildman–Crippen MR) is 84.1 cm³/mol. The van der Waals surface area contributed by atoms with Gasteiger partial charge < -0.3 is 10.1 Å². The van der Waals surface area contributed by atoms with Crippen LogP contribution in [0.4, 0.5) is 4.39 Å². The van der Waals surface area contributed by atoms with Crippen LogP contribution in [0.3, 0.4) is 0 Å². The quantitative estimate of drug-likeness (QED) is 0.827. The van der Waals surface area contributed by atoms with Crippen molar-refractivity contribution >= 4 is 0 Å². The lowest BCUT2D eigenvalue weighted by Crippen LogP contribution is -2.23. The Labute approximate surface area is 126 Å². The van der Waals surface area contributed by atoms with Crippen molar-refractivity contribution in [3.63, 3.8) is 0 Å². The van der Waals surface area contributed by atoms with Crippen LogP contribution in [0.5, 0.6) is 5.75 Å². The Balaban J connectivity index is 1.91. The highest BCUT2D eigenvalue weighted by molar-refractivity contribution is 5.29. The van der Waals surface area contributed by atoms with Gasteiger partial charge >= 0.3 is 0 Å². The van der Waals surface area contributed by atoms with E-state index in [0.29, 0.717) is 6.42 Å². The fourth-order valence-corrected chi connectivity index (χ4v) is 2.42. The molecule has 0 saturated carbocycles. The molecule has 0 radical (unpaired) electrons. The summed E-state index contributed by atoms with van der Waals surface area (Å²) in [4.78, 5) is 0. The van der Waals surface area contributed by atoms with Crippen LogP contribution < -0.4 is 10.1 Å². The second-order valence-corrected chi connectivity index (χ2v) is 5.03. The summed E-state index contributed by atoms with van der Waals surface area (Å²) in [7, 11) is 1.67. The van der Waals surface area contributed by atoms with E-state index in [9.17, 15) is 4.39 Å². The number of rotatable bonds is 7. The fourth-order valence-electron chi connectivity index (χ4n) is 2.42. The standard InChI is InChI=1S/C18H22FNO/c1-3-18(15-8-10-16(21-2)11-9-15)20-13-12-14-6-4-5-7-17(14)19/h4-11,18,20H,3,12-13H2,1-2H3. The van der Waals surface area contributed by atoms with Gasteiger partial charge in [-0.3, -0.25) is 0 Å². The summed E-state index contributed by atoms with van der Waals surface area (Å²) in [6, 6.07) is 15.3. The number of benzene rings is 2. The van der Waals surface area contributed by atoms with E-state index in [0.717, 1.165) is 24.3 Å². The molecule has 21 heavy (non-hydrogen) atoms. The first-order chi connectivity index (χ1) is 10.2. The highest BCUT2D eigenvalue weighted by atomic mass is 19.1. The van der Waals surface area contributed by atoms with Crippen LogP contribution in [0.1, 0.15) is 30.5 Å². The Morgan fingerprint density at radius 2 is 1.81 bits per heavy atom. The lowest BCUT2D eigenvalue weighted by Gasteiger charge is -2.18. The minimum atomic E-state index is -0.128. The molecular formula is C18H22FNO. The third-order valence-corrected chi connectivity index (χ3v) is 3.67. The molecule has 0 saturated heterocycles. The fraction of sp³-hybridized carbons (Fsp3) is 0.333. The summed E-state index contributed by atoms with van der Waals surface area (Å²) >= 11 is 0. The van der Waals surface area contributed by atoms with Gasteiger partial charge in [-0.2, -0.15) is 0 Å². The number of halogens is 1. The molecule has 0 fully saturated rings. The maximum atomic E-state index is 13.6. The molecule has 0 aliphatic rings. The van der Waals surface area contributed by atoms with Crippen LogP contribution in [-0.2, 0) is 6.42 Å². The molecule has 1 atom stereocenters. The minimum Gasteiger partial charge on any atom is -0.497 e. The Hall–Kier alpha value is -1.87. The van der Waals surface area contributed by atoms with Gasteiger partial charge in [-0.15, -0.1) is 0 Å². The molecule has 112 valence electrons. The van der Waals surface area contributed by atoms with Crippen LogP contribution in [0.25, 0.3) is 0 Å². The first-order valence-corrected chi connectivity index (χ1v) is 7.35. The van der Waals surface area contributed by atoms with Crippen LogP contribution >= 0.6 is 0 Å². The predicted octanol–water partition coefficient (Wildman–Crippen LogP) is 4.12. The Bertz CT molecular complexity index is 553. The normalized spacial score (nSPS) is 12.1. The van der Waals surface area contributed by atoms with E-state index >= 15 is 0 Å². The van der Waals surface area contributed by atoms with Crippen molar-refractivity contribution in [1.82, 2.24) is 5.32 Å². The molecule has 0 amide bonds. The molecule has 0 aliphatic heterocycles. The average Bonchev–Trinajstić information content (AvgIpc) is 2.53. The molecule has 2 rings (SSSR count). The van der Waals surface area contributed by atoms with Crippen molar-refractivity contribution in [2.45, 2.75) is 25.8 Å². The molecule has 2 nitrogen and oxygen atoms in total. The van der Waals surface area contributed by atoms with Crippen molar-refractivity contribution in [2.75, 3.05) is 13.7 Å². The summed E-state index contributed by atoms with van der Waals surface area (Å²) in [6.45, 7) is 2.90. The third kappa shape index (κ3) is 4.30. The number of ether oxygens (including phenoxy) is 1. The molecule has 0 heterocycles. The third-order valence-electron chi connectivity index (χ3n) is 3.67. The monoisotopic (exact) mass is 287 g/mol. The van der Waals surface area contributed by atoms with E-state index in [-0.39, 0.29) is 11.9 Å². The summed E-state index contributed by atoms with van der Waals surface area (Å²) in [6.07, 6.45) is 1.68. The first-order valence-electron chi connectivity index (χ1n) is 7.35. The largest absolute Gasteiger partial charge is 0.497 e. The van der Waals surface area contributed by atoms with Crippen molar-refractivity contribution in [3.8, 4) is 5.75 Å². The lowest BCUT2D eigenvalue weighted by atomic mass is 10.0. The van der Waals surface area contributed by atoms with Crippen LogP contribution in [-0.4, -0.2) is 13.7 Å². The van der Waals surface area contributed by atoms with Gasteiger partial charge in [0.1, 0.15) is 11.6 Å². The first kappa shape index (κ1) is 15.5.